The smallest absolute Gasteiger partial charge is 0.231 e. The average Bonchev–Trinajstić information content (AvgIpc) is 3.17. The van der Waals surface area contributed by atoms with Gasteiger partial charge in [-0.15, -0.1) is 0 Å². The normalized spacial score (nSPS) is 12.9. The van der Waals surface area contributed by atoms with E-state index in [9.17, 15) is 0 Å². The van der Waals surface area contributed by atoms with Gasteiger partial charge in [0.25, 0.3) is 0 Å². The first-order valence-corrected chi connectivity index (χ1v) is 8.73. The molecule has 0 aliphatic carbocycles. The Morgan fingerprint density at radius 3 is 3.00 bits per heavy atom. The number of fused-ring (bicyclic) bond motifs is 2. The van der Waals surface area contributed by atoms with Gasteiger partial charge in [-0.25, -0.2) is 4.98 Å². The van der Waals surface area contributed by atoms with E-state index in [1.165, 1.54) is 5.52 Å². The van der Waals surface area contributed by atoms with Crippen LogP contribution in [0.25, 0.3) is 11.0 Å². The molecule has 0 bridgehead atoms. The number of imidazole rings is 1. The van der Waals surface area contributed by atoms with Crippen molar-refractivity contribution < 1.29 is 9.47 Å². The number of halogens is 1. The minimum atomic E-state index is 0.291. The van der Waals surface area contributed by atoms with Crippen LogP contribution in [0.4, 0.5) is 0 Å². The molecule has 0 fully saturated rings. The fourth-order valence-corrected chi connectivity index (χ4v) is 3.51. The minimum Gasteiger partial charge on any atom is -0.454 e. The largest absolute Gasteiger partial charge is 0.454 e. The van der Waals surface area contributed by atoms with Crippen molar-refractivity contribution in [3.8, 4) is 11.5 Å². The van der Waals surface area contributed by atoms with Gasteiger partial charge in [-0.2, -0.15) is 0 Å². The first-order chi connectivity index (χ1) is 11.7. The zero-order valence-corrected chi connectivity index (χ0v) is 15.0. The highest BCUT2D eigenvalue weighted by Crippen LogP contribution is 2.39. The lowest BCUT2D eigenvalue weighted by Crippen LogP contribution is -2.20. The molecule has 0 amide bonds. The topological polar surface area (TPSA) is 48.3 Å². The number of para-hydroxylation sites is 2. The summed E-state index contributed by atoms with van der Waals surface area (Å²) < 4.78 is 14.3. The number of aromatic nitrogens is 2. The number of hydrogen-bond acceptors (Lipinski definition) is 4. The van der Waals surface area contributed by atoms with Crippen molar-refractivity contribution in [3.05, 3.63) is 52.3 Å². The molecule has 5 nitrogen and oxygen atoms in total. The summed E-state index contributed by atoms with van der Waals surface area (Å²) in [5.74, 6) is 2.68. The minimum absolute atomic E-state index is 0.291. The Balaban J connectivity index is 1.44. The molecule has 0 saturated carbocycles. The molecule has 1 aliphatic heterocycles. The van der Waals surface area contributed by atoms with Crippen LogP contribution >= 0.6 is 15.9 Å². The molecule has 2 heterocycles. The Kier molecular flexibility index (Phi) is 4.16. The molecule has 0 saturated heterocycles. The summed E-state index contributed by atoms with van der Waals surface area (Å²) in [5.41, 5.74) is 3.32. The van der Waals surface area contributed by atoms with Gasteiger partial charge < -0.3 is 19.4 Å². The van der Waals surface area contributed by atoms with Gasteiger partial charge in [0.1, 0.15) is 5.82 Å². The zero-order chi connectivity index (χ0) is 16.5. The quantitative estimate of drug-likeness (QED) is 0.679. The maximum Gasteiger partial charge on any atom is 0.231 e. The van der Waals surface area contributed by atoms with Crippen LogP contribution in [-0.2, 0) is 13.1 Å². The number of nitrogens with zero attached hydrogens (tertiary/aromatic N) is 2. The van der Waals surface area contributed by atoms with Crippen LogP contribution in [0.5, 0.6) is 11.5 Å². The Morgan fingerprint density at radius 2 is 2.08 bits per heavy atom. The van der Waals surface area contributed by atoms with Crippen LogP contribution in [0.3, 0.4) is 0 Å². The summed E-state index contributed by atoms with van der Waals surface area (Å²) in [6.07, 6.45) is 0. The highest BCUT2D eigenvalue weighted by atomic mass is 79.9. The number of ether oxygens (including phenoxy) is 2. The summed E-state index contributed by atoms with van der Waals surface area (Å²) in [7, 11) is 0. The third kappa shape index (κ3) is 2.76. The summed E-state index contributed by atoms with van der Waals surface area (Å²) >= 11 is 3.59. The number of hydrogen-bond donors (Lipinski definition) is 1. The molecule has 1 aliphatic rings. The van der Waals surface area contributed by atoms with Crippen molar-refractivity contribution in [3.63, 3.8) is 0 Å². The van der Waals surface area contributed by atoms with Crippen molar-refractivity contribution in [2.24, 2.45) is 0 Å². The van der Waals surface area contributed by atoms with Crippen LogP contribution in [-0.4, -0.2) is 22.9 Å². The number of benzene rings is 2. The summed E-state index contributed by atoms with van der Waals surface area (Å²) in [4.78, 5) is 4.60. The molecule has 0 atom stereocenters. The Morgan fingerprint density at radius 1 is 1.21 bits per heavy atom. The molecule has 6 heteroatoms. The molecule has 24 heavy (non-hydrogen) atoms. The third-order valence-electron chi connectivity index (χ3n) is 4.24. The van der Waals surface area contributed by atoms with Gasteiger partial charge in [0.2, 0.25) is 6.79 Å². The van der Waals surface area contributed by atoms with Crippen molar-refractivity contribution >= 4 is 27.0 Å². The van der Waals surface area contributed by atoms with E-state index in [4.69, 9.17) is 9.47 Å². The van der Waals surface area contributed by atoms with Gasteiger partial charge in [-0.05, 0) is 31.2 Å². The van der Waals surface area contributed by atoms with E-state index in [0.29, 0.717) is 6.79 Å². The van der Waals surface area contributed by atoms with E-state index in [1.54, 1.807) is 0 Å². The molecule has 0 radical (unpaired) electrons. The second-order valence-corrected chi connectivity index (χ2v) is 6.59. The molecule has 0 spiro atoms. The monoisotopic (exact) mass is 387 g/mol. The summed E-state index contributed by atoms with van der Waals surface area (Å²) in [6, 6.07) is 12.2. The first-order valence-electron chi connectivity index (χ1n) is 7.93. The van der Waals surface area contributed by atoms with Crippen LogP contribution in [0.15, 0.2) is 40.9 Å². The molecule has 3 aromatic rings. The Hall–Kier alpha value is -2.05. The van der Waals surface area contributed by atoms with E-state index in [0.717, 1.165) is 52.5 Å². The van der Waals surface area contributed by atoms with Crippen LogP contribution in [0.2, 0.25) is 0 Å². The van der Waals surface area contributed by atoms with E-state index in [2.05, 4.69) is 42.9 Å². The average molecular weight is 388 g/mol. The molecule has 2 aromatic carbocycles. The fourth-order valence-electron chi connectivity index (χ4n) is 3.05. The molecule has 0 unspecified atom stereocenters. The van der Waals surface area contributed by atoms with Crippen molar-refractivity contribution in [1.82, 2.24) is 14.9 Å². The van der Waals surface area contributed by atoms with Gasteiger partial charge >= 0.3 is 0 Å². The lowest BCUT2D eigenvalue weighted by atomic mass is 10.2. The second-order valence-electron chi connectivity index (χ2n) is 5.74. The van der Waals surface area contributed by atoms with Gasteiger partial charge in [0, 0.05) is 29.7 Å². The van der Waals surface area contributed by atoms with E-state index < -0.39 is 0 Å². The van der Waals surface area contributed by atoms with Crippen LogP contribution in [0, 0.1) is 6.92 Å². The molecule has 124 valence electrons. The molecule has 4 rings (SSSR count). The Labute approximate surface area is 148 Å². The highest BCUT2D eigenvalue weighted by molar-refractivity contribution is 9.10. The van der Waals surface area contributed by atoms with E-state index in [-0.39, 0.29) is 0 Å². The van der Waals surface area contributed by atoms with Gasteiger partial charge in [0.15, 0.2) is 11.5 Å². The van der Waals surface area contributed by atoms with E-state index in [1.807, 2.05) is 31.2 Å². The fraction of sp³-hybridized carbons (Fsp3) is 0.278. The molecule has 1 aromatic heterocycles. The SMILES string of the molecule is Cc1nc2ccccc2n1CCNCc1c(Br)ccc2c1OCO2. The lowest BCUT2D eigenvalue weighted by Gasteiger charge is -2.11. The number of aryl methyl sites for hydroxylation is 1. The van der Waals surface area contributed by atoms with Crippen LogP contribution < -0.4 is 14.8 Å². The van der Waals surface area contributed by atoms with Gasteiger partial charge in [-0.1, -0.05) is 28.1 Å². The first kappa shape index (κ1) is 15.5. The summed E-state index contributed by atoms with van der Waals surface area (Å²) in [6.45, 7) is 4.78. The van der Waals surface area contributed by atoms with Crippen molar-refractivity contribution in [2.45, 2.75) is 20.0 Å². The lowest BCUT2D eigenvalue weighted by molar-refractivity contribution is 0.173. The van der Waals surface area contributed by atoms with Gasteiger partial charge in [-0.3, -0.25) is 0 Å². The second kappa shape index (κ2) is 6.45. The van der Waals surface area contributed by atoms with E-state index >= 15 is 0 Å². The Bertz CT molecular complexity index is 891. The predicted octanol–water partition coefficient (Wildman–Crippen LogP) is 3.63. The van der Waals surface area contributed by atoms with Crippen LogP contribution in [0.1, 0.15) is 11.4 Å². The molecule has 1 N–H and O–H groups in total. The van der Waals surface area contributed by atoms with Gasteiger partial charge in [0.05, 0.1) is 11.0 Å². The highest BCUT2D eigenvalue weighted by Gasteiger charge is 2.19. The molecular weight excluding hydrogens is 370 g/mol. The third-order valence-corrected chi connectivity index (χ3v) is 4.99. The molecular formula is C18H18BrN3O2. The maximum atomic E-state index is 5.58. The maximum absolute atomic E-state index is 5.58. The summed E-state index contributed by atoms with van der Waals surface area (Å²) in [5, 5.41) is 3.49. The standard InChI is InChI=1S/C18H18BrN3O2/c1-12-21-15-4-2-3-5-16(15)22(12)9-8-20-10-13-14(19)6-7-17-18(13)24-11-23-17/h2-7,20H,8-11H2,1H3. The van der Waals surface area contributed by atoms with Crippen molar-refractivity contribution in [1.29, 1.82) is 0 Å². The predicted molar refractivity (Wildman–Crippen MR) is 96.4 cm³/mol. The number of rotatable bonds is 5. The number of nitrogens with one attached hydrogen (secondary N) is 1. The van der Waals surface area contributed by atoms with Crippen molar-refractivity contribution in [2.75, 3.05) is 13.3 Å². The zero-order valence-electron chi connectivity index (χ0n) is 13.4.